The van der Waals surface area contributed by atoms with Crippen LogP contribution in [-0.2, 0) is 4.79 Å². The SMILES string of the molecule is O=C(C1=C(c2ccc(Cl)c(Cl)c2)CCC1)N1CCCC1. The van der Waals surface area contributed by atoms with Crippen LogP contribution in [0.25, 0.3) is 5.57 Å². The first kappa shape index (κ1) is 14.0. The summed E-state index contributed by atoms with van der Waals surface area (Å²) in [4.78, 5) is 14.6. The maximum Gasteiger partial charge on any atom is 0.250 e. The summed E-state index contributed by atoms with van der Waals surface area (Å²) in [7, 11) is 0. The molecule has 0 radical (unpaired) electrons. The van der Waals surface area contributed by atoms with Crippen molar-refractivity contribution in [3.63, 3.8) is 0 Å². The van der Waals surface area contributed by atoms with Gasteiger partial charge in [0.25, 0.3) is 0 Å². The number of nitrogens with zero attached hydrogens (tertiary/aromatic N) is 1. The molecule has 1 aromatic carbocycles. The van der Waals surface area contributed by atoms with E-state index in [0.717, 1.165) is 61.9 Å². The second-order valence-corrected chi connectivity index (χ2v) is 6.25. The van der Waals surface area contributed by atoms with Crippen LogP contribution < -0.4 is 0 Å². The second kappa shape index (κ2) is 5.79. The van der Waals surface area contributed by atoms with Crippen molar-refractivity contribution in [2.75, 3.05) is 13.1 Å². The summed E-state index contributed by atoms with van der Waals surface area (Å²) in [6, 6.07) is 5.65. The first-order chi connectivity index (χ1) is 9.66. The molecule has 1 heterocycles. The molecular weight excluding hydrogens is 293 g/mol. The van der Waals surface area contributed by atoms with Gasteiger partial charge in [0.05, 0.1) is 10.0 Å². The van der Waals surface area contributed by atoms with E-state index in [1.165, 1.54) is 0 Å². The van der Waals surface area contributed by atoms with E-state index in [1.807, 2.05) is 23.1 Å². The molecule has 20 heavy (non-hydrogen) atoms. The van der Waals surface area contributed by atoms with Crippen LogP contribution >= 0.6 is 23.2 Å². The number of hydrogen-bond donors (Lipinski definition) is 0. The number of allylic oxidation sites excluding steroid dienone is 1. The lowest BCUT2D eigenvalue weighted by Crippen LogP contribution is -2.28. The van der Waals surface area contributed by atoms with Crippen molar-refractivity contribution in [1.82, 2.24) is 4.90 Å². The minimum atomic E-state index is 0.223. The number of halogens is 2. The molecule has 0 bridgehead atoms. The van der Waals surface area contributed by atoms with Crippen molar-refractivity contribution in [1.29, 1.82) is 0 Å². The number of carbonyl (C=O) groups excluding carboxylic acids is 1. The molecule has 1 amide bonds. The van der Waals surface area contributed by atoms with Gasteiger partial charge in [-0.2, -0.15) is 0 Å². The minimum Gasteiger partial charge on any atom is -0.339 e. The smallest absolute Gasteiger partial charge is 0.250 e. The van der Waals surface area contributed by atoms with E-state index < -0.39 is 0 Å². The molecule has 0 aromatic heterocycles. The van der Waals surface area contributed by atoms with Crippen molar-refractivity contribution < 1.29 is 4.79 Å². The third kappa shape index (κ3) is 2.59. The van der Waals surface area contributed by atoms with Gasteiger partial charge in [0.15, 0.2) is 0 Å². The van der Waals surface area contributed by atoms with Crippen molar-refractivity contribution in [2.24, 2.45) is 0 Å². The molecular formula is C16H17Cl2NO. The molecule has 2 aliphatic rings. The average molecular weight is 310 g/mol. The second-order valence-electron chi connectivity index (χ2n) is 5.44. The first-order valence-corrected chi connectivity index (χ1v) is 7.89. The van der Waals surface area contributed by atoms with Crippen molar-refractivity contribution in [3.05, 3.63) is 39.4 Å². The van der Waals surface area contributed by atoms with Crippen LogP contribution in [0.4, 0.5) is 0 Å². The average Bonchev–Trinajstić information content (AvgIpc) is 3.11. The Hall–Kier alpha value is -0.990. The van der Waals surface area contributed by atoms with Gasteiger partial charge in [0, 0.05) is 18.7 Å². The van der Waals surface area contributed by atoms with Gasteiger partial charge in [-0.15, -0.1) is 0 Å². The fourth-order valence-corrected chi connectivity index (χ4v) is 3.39. The standard InChI is InChI=1S/C16H17Cl2NO/c17-14-7-6-11(10-15(14)18)12-4-3-5-13(12)16(20)19-8-1-2-9-19/h6-7,10H,1-5,8-9H2. The molecule has 0 unspecified atom stereocenters. The van der Waals surface area contributed by atoms with Crippen LogP contribution in [0, 0.1) is 0 Å². The number of benzene rings is 1. The molecule has 1 fully saturated rings. The van der Waals surface area contributed by atoms with Crippen molar-refractivity contribution >= 4 is 34.7 Å². The Balaban J connectivity index is 1.94. The van der Waals surface area contributed by atoms with E-state index in [4.69, 9.17) is 23.2 Å². The van der Waals surface area contributed by atoms with Gasteiger partial charge in [-0.3, -0.25) is 4.79 Å². The number of carbonyl (C=O) groups is 1. The van der Waals surface area contributed by atoms with Crippen LogP contribution in [0.3, 0.4) is 0 Å². The Morgan fingerprint density at radius 2 is 1.75 bits per heavy atom. The molecule has 4 heteroatoms. The third-order valence-corrected chi connectivity index (χ3v) is 4.88. The quantitative estimate of drug-likeness (QED) is 0.784. The van der Waals surface area contributed by atoms with Crippen molar-refractivity contribution in [3.8, 4) is 0 Å². The van der Waals surface area contributed by atoms with Crippen LogP contribution in [0.15, 0.2) is 23.8 Å². The predicted molar refractivity (Wildman–Crippen MR) is 83.0 cm³/mol. The lowest BCUT2D eigenvalue weighted by molar-refractivity contribution is -0.126. The predicted octanol–water partition coefficient (Wildman–Crippen LogP) is 4.55. The van der Waals surface area contributed by atoms with Gasteiger partial charge in [0.2, 0.25) is 5.91 Å². The van der Waals surface area contributed by atoms with Gasteiger partial charge in [-0.05, 0) is 55.4 Å². The Morgan fingerprint density at radius 1 is 1.00 bits per heavy atom. The van der Waals surface area contributed by atoms with Crippen LogP contribution in [-0.4, -0.2) is 23.9 Å². The number of rotatable bonds is 2. The highest BCUT2D eigenvalue weighted by atomic mass is 35.5. The molecule has 0 N–H and O–H groups in total. The monoisotopic (exact) mass is 309 g/mol. The van der Waals surface area contributed by atoms with Gasteiger partial charge < -0.3 is 4.90 Å². The van der Waals surface area contributed by atoms with E-state index >= 15 is 0 Å². The molecule has 0 atom stereocenters. The number of hydrogen-bond acceptors (Lipinski definition) is 1. The van der Waals surface area contributed by atoms with Gasteiger partial charge in [0.1, 0.15) is 0 Å². The largest absolute Gasteiger partial charge is 0.339 e. The Bertz CT molecular complexity index is 574. The maximum absolute atomic E-state index is 12.6. The Morgan fingerprint density at radius 3 is 2.45 bits per heavy atom. The Kier molecular flexibility index (Phi) is 4.04. The normalized spacial score (nSPS) is 19.0. The van der Waals surface area contributed by atoms with E-state index in [2.05, 4.69) is 0 Å². The zero-order chi connectivity index (χ0) is 14.1. The highest BCUT2D eigenvalue weighted by Crippen LogP contribution is 2.37. The summed E-state index contributed by atoms with van der Waals surface area (Å²) in [6.07, 6.45) is 5.13. The van der Waals surface area contributed by atoms with Gasteiger partial charge >= 0.3 is 0 Å². The van der Waals surface area contributed by atoms with Gasteiger partial charge in [-0.1, -0.05) is 29.3 Å². The highest BCUT2D eigenvalue weighted by Gasteiger charge is 2.27. The molecule has 0 saturated carbocycles. The Labute approximate surface area is 129 Å². The minimum absolute atomic E-state index is 0.223. The van der Waals surface area contributed by atoms with E-state index in [1.54, 1.807) is 0 Å². The topological polar surface area (TPSA) is 20.3 Å². The van der Waals surface area contributed by atoms with E-state index in [0.29, 0.717) is 10.0 Å². The highest BCUT2D eigenvalue weighted by molar-refractivity contribution is 6.42. The number of likely N-dealkylation sites (tertiary alicyclic amines) is 1. The lowest BCUT2D eigenvalue weighted by Gasteiger charge is -2.17. The lowest BCUT2D eigenvalue weighted by atomic mass is 10.0. The molecule has 2 nitrogen and oxygen atoms in total. The van der Waals surface area contributed by atoms with E-state index in [-0.39, 0.29) is 5.91 Å². The third-order valence-electron chi connectivity index (χ3n) is 4.14. The van der Waals surface area contributed by atoms with E-state index in [9.17, 15) is 4.79 Å². The molecule has 1 saturated heterocycles. The van der Waals surface area contributed by atoms with Crippen LogP contribution in [0.1, 0.15) is 37.7 Å². The summed E-state index contributed by atoms with van der Waals surface area (Å²) in [5.41, 5.74) is 3.17. The maximum atomic E-state index is 12.6. The summed E-state index contributed by atoms with van der Waals surface area (Å²) >= 11 is 12.1. The van der Waals surface area contributed by atoms with Crippen LogP contribution in [0.2, 0.25) is 10.0 Å². The molecule has 0 spiro atoms. The summed E-state index contributed by atoms with van der Waals surface area (Å²) < 4.78 is 0. The molecule has 1 aromatic rings. The van der Waals surface area contributed by atoms with Gasteiger partial charge in [-0.25, -0.2) is 0 Å². The summed E-state index contributed by atoms with van der Waals surface area (Å²) in [6.45, 7) is 1.80. The zero-order valence-corrected chi connectivity index (χ0v) is 12.8. The first-order valence-electron chi connectivity index (χ1n) is 7.13. The fraction of sp³-hybridized carbons (Fsp3) is 0.438. The molecule has 1 aliphatic heterocycles. The summed E-state index contributed by atoms with van der Waals surface area (Å²) in [5, 5.41) is 1.11. The molecule has 106 valence electrons. The number of amides is 1. The fourth-order valence-electron chi connectivity index (χ4n) is 3.09. The zero-order valence-electron chi connectivity index (χ0n) is 11.3. The molecule has 1 aliphatic carbocycles. The molecule has 3 rings (SSSR count). The summed E-state index contributed by atoms with van der Waals surface area (Å²) in [5.74, 6) is 0.223. The van der Waals surface area contributed by atoms with Crippen molar-refractivity contribution in [2.45, 2.75) is 32.1 Å². The van der Waals surface area contributed by atoms with Crippen LogP contribution in [0.5, 0.6) is 0 Å².